The molecule has 2 N–H and O–H groups in total. The lowest BCUT2D eigenvalue weighted by Crippen LogP contribution is -2.34. The first-order valence-corrected chi connectivity index (χ1v) is 5.56. The fraction of sp³-hybridized carbons (Fsp3) is 0.333. The summed E-state index contributed by atoms with van der Waals surface area (Å²) in [6, 6.07) is 2.52. The maximum Gasteiger partial charge on any atom is 0.405 e. The van der Waals surface area contributed by atoms with Gasteiger partial charge < -0.3 is 14.8 Å². The average molecular weight is 283 g/mol. The summed E-state index contributed by atoms with van der Waals surface area (Å²) in [4.78, 5) is 21.5. The van der Waals surface area contributed by atoms with Gasteiger partial charge in [0.25, 0.3) is 0 Å². The number of rotatable bonds is 5. The number of furan rings is 1. The van der Waals surface area contributed by atoms with Gasteiger partial charge in [-0.15, -0.1) is 0 Å². The molecule has 1 amide bonds. The van der Waals surface area contributed by atoms with Crippen molar-refractivity contribution in [1.29, 1.82) is 0 Å². The van der Waals surface area contributed by atoms with Crippen LogP contribution in [0.15, 0.2) is 21.6 Å². The van der Waals surface area contributed by atoms with Crippen LogP contribution in [0.1, 0.15) is 10.6 Å². The molecule has 0 aromatic carbocycles. The molecular formula is C9H8F3NO4S. The van der Waals surface area contributed by atoms with Crippen LogP contribution in [0.3, 0.4) is 0 Å². The van der Waals surface area contributed by atoms with Crippen molar-refractivity contribution in [2.24, 2.45) is 0 Å². The molecular weight excluding hydrogens is 275 g/mol. The maximum atomic E-state index is 11.8. The topological polar surface area (TPSA) is 79.5 Å². The summed E-state index contributed by atoms with van der Waals surface area (Å²) >= 11 is 0.808. The van der Waals surface area contributed by atoms with E-state index in [1.807, 2.05) is 0 Å². The van der Waals surface area contributed by atoms with Crippen LogP contribution in [0.2, 0.25) is 0 Å². The van der Waals surface area contributed by atoms with E-state index in [2.05, 4.69) is 0 Å². The molecule has 1 aromatic rings. The zero-order valence-electron chi connectivity index (χ0n) is 8.78. The molecule has 1 heterocycles. The molecule has 0 radical (unpaired) electrons. The molecule has 0 aliphatic rings. The van der Waals surface area contributed by atoms with E-state index in [1.54, 1.807) is 5.32 Å². The summed E-state index contributed by atoms with van der Waals surface area (Å²) in [6.07, 6.45) is -4.46. The summed E-state index contributed by atoms with van der Waals surface area (Å²) < 4.78 is 40.1. The summed E-state index contributed by atoms with van der Waals surface area (Å²) in [5, 5.41) is 10.4. The van der Waals surface area contributed by atoms with Crippen LogP contribution >= 0.6 is 11.8 Å². The average Bonchev–Trinajstić information content (AvgIpc) is 2.71. The van der Waals surface area contributed by atoms with Gasteiger partial charge in [-0.3, -0.25) is 4.79 Å². The second kappa shape index (κ2) is 5.80. The zero-order valence-corrected chi connectivity index (χ0v) is 9.60. The first kappa shape index (κ1) is 14.4. The van der Waals surface area contributed by atoms with Crippen molar-refractivity contribution >= 4 is 23.6 Å². The van der Waals surface area contributed by atoms with Gasteiger partial charge in [0, 0.05) is 0 Å². The van der Waals surface area contributed by atoms with E-state index in [0.717, 1.165) is 11.8 Å². The lowest BCUT2D eigenvalue weighted by molar-refractivity contribution is -0.136. The van der Waals surface area contributed by atoms with Crippen LogP contribution in [-0.2, 0) is 4.79 Å². The highest BCUT2D eigenvalue weighted by atomic mass is 32.2. The quantitative estimate of drug-likeness (QED) is 0.805. The number of carboxylic acids is 1. The zero-order chi connectivity index (χ0) is 13.8. The van der Waals surface area contributed by atoms with Gasteiger partial charge in [-0.1, -0.05) is 11.8 Å². The molecule has 1 rings (SSSR count). The SMILES string of the molecule is O=C(CSc1ccc(C(=O)O)o1)NCC(F)(F)F. The lowest BCUT2D eigenvalue weighted by Gasteiger charge is -2.07. The van der Waals surface area contributed by atoms with Crippen LogP contribution in [0.25, 0.3) is 0 Å². The van der Waals surface area contributed by atoms with Crippen LogP contribution in [0.4, 0.5) is 13.2 Å². The molecule has 18 heavy (non-hydrogen) atoms. The molecule has 0 aliphatic heterocycles. The second-order valence-corrected chi connectivity index (χ2v) is 4.08. The van der Waals surface area contributed by atoms with E-state index >= 15 is 0 Å². The number of nitrogens with one attached hydrogen (secondary N) is 1. The summed E-state index contributed by atoms with van der Waals surface area (Å²) in [5.74, 6) is -2.66. The lowest BCUT2D eigenvalue weighted by atomic mass is 10.5. The Labute approximate surface area is 103 Å². The number of alkyl halides is 3. The highest BCUT2D eigenvalue weighted by Gasteiger charge is 2.27. The van der Waals surface area contributed by atoms with Crippen molar-refractivity contribution in [2.75, 3.05) is 12.3 Å². The summed E-state index contributed by atoms with van der Waals surface area (Å²) in [5.41, 5.74) is 0. The Morgan fingerprint density at radius 3 is 2.56 bits per heavy atom. The third-order valence-electron chi connectivity index (χ3n) is 1.62. The van der Waals surface area contributed by atoms with Crippen molar-refractivity contribution in [1.82, 2.24) is 5.32 Å². The number of hydrogen-bond donors (Lipinski definition) is 2. The fourth-order valence-electron chi connectivity index (χ4n) is 0.899. The predicted octanol–water partition coefficient (Wildman–Crippen LogP) is 1.75. The van der Waals surface area contributed by atoms with Gasteiger partial charge in [-0.2, -0.15) is 13.2 Å². The van der Waals surface area contributed by atoms with Crippen LogP contribution in [0, 0.1) is 0 Å². The molecule has 0 unspecified atom stereocenters. The monoisotopic (exact) mass is 283 g/mol. The van der Waals surface area contributed by atoms with Gasteiger partial charge in [0.05, 0.1) is 5.75 Å². The second-order valence-electron chi connectivity index (χ2n) is 3.10. The van der Waals surface area contributed by atoms with Crippen LogP contribution in [0.5, 0.6) is 0 Å². The minimum atomic E-state index is -4.46. The first-order valence-electron chi connectivity index (χ1n) is 4.57. The van der Waals surface area contributed by atoms with Crippen molar-refractivity contribution in [2.45, 2.75) is 11.3 Å². The first-order chi connectivity index (χ1) is 8.28. The van der Waals surface area contributed by atoms with E-state index in [9.17, 15) is 22.8 Å². The van der Waals surface area contributed by atoms with Gasteiger partial charge in [0.1, 0.15) is 6.54 Å². The van der Waals surface area contributed by atoms with Gasteiger partial charge in [0.2, 0.25) is 11.7 Å². The van der Waals surface area contributed by atoms with Crippen LogP contribution < -0.4 is 5.32 Å². The number of carbonyl (C=O) groups excluding carboxylic acids is 1. The standard InChI is InChI=1S/C9H8F3NO4S/c10-9(11,12)4-13-6(14)3-18-7-2-1-5(17-7)8(15)16/h1-2H,3-4H2,(H,13,14)(H,15,16). The van der Waals surface area contributed by atoms with Gasteiger partial charge in [0.15, 0.2) is 5.09 Å². The maximum absolute atomic E-state index is 11.8. The minimum Gasteiger partial charge on any atom is -0.475 e. The normalized spacial score (nSPS) is 11.3. The van der Waals surface area contributed by atoms with Crippen molar-refractivity contribution in [3.8, 4) is 0 Å². The highest BCUT2D eigenvalue weighted by Crippen LogP contribution is 2.21. The Kier molecular flexibility index (Phi) is 4.65. The number of carbonyl (C=O) groups is 2. The van der Waals surface area contributed by atoms with E-state index in [-0.39, 0.29) is 16.6 Å². The minimum absolute atomic E-state index is 0.148. The fourth-order valence-corrected chi connectivity index (χ4v) is 1.59. The third-order valence-corrected chi connectivity index (χ3v) is 2.53. The van der Waals surface area contributed by atoms with Crippen LogP contribution in [-0.4, -0.2) is 35.5 Å². The van der Waals surface area contributed by atoms with Gasteiger partial charge in [-0.05, 0) is 12.1 Å². The number of halogens is 3. The van der Waals surface area contributed by atoms with Crippen molar-refractivity contribution < 1.29 is 32.3 Å². The Bertz CT molecular complexity index is 443. The van der Waals surface area contributed by atoms with E-state index in [0.29, 0.717) is 0 Å². The Morgan fingerprint density at radius 2 is 2.06 bits per heavy atom. The molecule has 0 bridgehead atoms. The smallest absolute Gasteiger partial charge is 0.405 e. The van der Waals surface area contributed by atoms with Gasteiger partial charge >= 0.3 is 12.1 Å². The molecule has 0 atom stereocenters. The molecule has 5 nitrogen and oxygen atoms in total. The number of amides is 1. The number of thioether (sulfide) groups is 1. The molecule has 0 fully saturated rings. The molecule has 100 valence electrons. The molecule has 0 spiro atoms. The summed E-state index contributed by atoms with van der Waals surface area (Å²) in [6.45, 7) is -1.40. The predicted molar refractivity (Wildman–Crippen MR) is 55.5 cm³/mol. The Hall–Kier alpha value is -1.64. The number of carboxylic acid groups (broad SMARTS) is 1. The molecule has 0 aliphatic carbocycles. The molecule has 0 saturated carbocycles. The van der Waals surface area contributed by atoms with E-state index in [1.165, 1.54) is 12.1 Å². The number of hydrogen-bond acceptors (Lipinski definition) is 4. The van der Waals surface area contributed by atoms with E-state index in [4.69, 9.17) is 9.52 Å². The van der Waals surface area contributed by atoms with Crippen molar-refractivity contribution in [3.63, 3.8) is 0 Å². The molecule has 0 saturated heterocycles. The molecule has 9 heteroatoms. The molecule has 1 aromatic heterocycles. The largest absolute Gasteiger partial charge is 0.475 e. The highest BCUT2D eigenvalue weighted by molar-refractivity contribution is 7.99. The van der Waals surface area contributed by atoms with E-state index < -0.39 is 24.6 Å². The Balaban J connectivity index is 2.36. The number of aromatic carboxylic acids is 1. The third kappa shape index (κ3) is 5.13. The van der Waals surface area contributed by atoms with Gasteiger partial charge in [-0.25, -0.2) is 4.79 Å². The Morgan fingerprint density at radius 1 is 1.39 bits per heavy atom. The van der Waals surface area contributed by atoms with Crippen molar-refractivity contribution in [3.05, 3.63) is 17.9 Å². The summed E-state index contributed by atoms with van der Waals surface area (Å²) in [7, 11) is 0.